The van der Waals surface area contributed by atoms with Crippen molar-refractivity contribution in [1.29, 1.82) is 0 Å². The molecule has 0 rings (SSSR count). The van der Waals surface area contributed by atoms with E-state index in [0.29, 0.717) is 0 Å². The highest BCUT2D eigenvalue weighted by Gasteiger charge is 2.99. The van der Waals surface area contributed by atoms with E-state index in [-0.39, 0.29) is 0 Å². The summed E-state index contributed by atoms with van der Waals surface area (Å²) in [6.07, 6.45) is -24.7. The van der Waals surface area contributed by atoms with Crippen LogP contribution in [-0.2, 0) is 5.11 Å². The van der Waals surface area contributed by atoms with Gasteiger partial charge < -0.3 is 0 Å². The molecule has 0 aromatic heterocycles. The van der Waals surface area contributed by atoms with Crippen LogP contribution in [0.2, 0.25) is 0 Å². The van der Waals surface area contributed by atoms with Gasteiger partial charge in [-0.05, 0) is 0 Å². The number of hydrogen-bond acceptors (Lipinski definition) is 0. The van der Waals surface area contributed by atoms with Gasteiger partial charge in [0, 0.05) is 0 Å². The van der Waals surface area contributed by atoms with Crippen LogP contribution in [0.1, 0.15) is 0 Å². The van der Waals surface area contributed by atoms with E-state index in [1.807, 2.05) is 0 Å². The Hall–Kier alpha value is -1.51. The van der Waals surface area contributed by atoms with Crippen molar-refractivity contribution in [2.75, 3.05) is 0 Å². The van der Waals surface area contributed by atoms with Crippen LogP contribution in [0, 0.1) is 0 Å². The van der Waals surface area contributed by atoms with Crippen LogP contribution in [0.3, 0.4) is 0 Å². The molecular formula is C10F21O. The average molecular weight is 535 g/mol. The molecule has 0 aliphatic heterocycles. The van der Waals surface area contributed by atoms with Crippen LogP contribution in [-0.4, -0.2) is 59.7 Å². The molecule has 0 bridgehead atoms. The van der Waals surface area contributed by atoms with Crippen LogP contribution < -0.4 is 0 Å². The lowest BCUT2D eigenvalue weighted by molar-refractivity contribution is -0.488. The van der Waals surface area contributed by atoms with Gasteiger partial charge in [0.05, 0.1) is 0 Å². The van der Waals surface area contributed by atoms with Gasteiger partial charge in [-0.25, -0.2) is 4.39 Å². The highest BCUT2D eigenvalue weighted by molar-refractivity contribution is 5.19. The van der Waals surface area contributed by atoms with E-state index in [0.717, 1.165) is 0 Å². The van der Waals surface area contributed by atoms with Gasteiger partial charge in [0.15, 0.2) is 0 Å². The molecule has 0 amide bonds. The Bertz CT molecular complexity index is 675. The molecule has 0 fully saturated rings. The maximum absolute atomic E-state index is 13.2. The van der Waals surface area contributed by atoms with Crippen molar-refractivity contribution in [2.24, 2.45) is 0 Å². The number of hydrogen-bond donors (Lipinski definition) is 0. The Morgan fingerprint density at radius 1 is 0.281 bits per heavy atom. The van der Waals surface area contributed by atoms with Gasteiger partial charge in [0.25, 0.3) is 0 Å². The first-order valence-corrected chi connectivity index (χ1v) is 6.42. The van der Waals surface area contributed by atoms with Crippen molar-refractivity contribution in [2.45, 2.75) is 59.7 Å². The van der Waals surface area contributed by atoms with Crippen molar-refractivity contribution in [3.8, 4) is 0 Å². The van der Waals surface area contributed by atoms with Gasteiger partial charge in [0.2, 0.25) is 0 Å². The lowest BCUT2D eigenvalue weighted by atomic mass is 9.83. The van der Waals surface area contributed by atoms with Crippen LogP contribution in [0.5, 0.6) is 0 Å². The summed E-state index contributed by atoms with van der Waals surface area (Å²) in [7, 11) is 0. The second-order valence-electron chi connectivity index (χ2n) is 5.62. The fraction of sp³-hybridized carbons (Fsp3) is 1.00. The molecule has 22 heteroatoms. The molecule has 0 N–H and O–H groups in total. The molecule has 0 aliphatic rings. The van der Waals surface area contributed by atoms with Crippen molar-refractivity contribution >= 4 is 0 Å². The van der Waals surface area contributed by atoms with Gasteiger partial charge in [-0.2, -0.15) is 92.9 Å². The minimum absolute atomic E-state index is 7.80. The van der Waals surface area contributed by atoms with Crippen molar-refractivity contribution in [3.05, 3.63) is 0 Å². The standard InChI is InChI=1S/C10F21O/c11-1(8(24,25)26,9(27,28)29)2(12,13)3(14,15)4(16,17)5(18,19)6(20,21)7(22,23)10(30,31)32. The van der Waals surface area contributed by atoms with E-state index in [1.165, 1.54) is 0 Å². The fourth-order valence-electron chi connectivity index (χ4n) is 1.70. The lowest BCUT2D eigenvalue weighted by Gasteiger charge is -2.45. The molecule has 0 aromatic rings. The molecule has 1 radical (unpaired) electrons. The van der Waals surface area contributed by atoms with Gasteiger partial charge in [-0.1, -0.05) is 0 Å². The van der Waals surface area contributed by atoms with E-state index in [4.69, 9.17) is 0 Å². The second kappa shape index (κ2) is 7.00. The normalized spacial score (nSPS) is 17.1. The molecule has 0 saturated carbocycles. The molecule has 0 spiro atoms. The summed E-state index contributed by atoms with van der Waals surface area (Å²) < 4.78 is 266. The Morgan fingerprint density at radius 2 is 0.469 bits per heavy atom. The molecule has 193 valence electrons. The van der Waals surface area contributed by atoms with Gasteiger partial charge in [-0.3, -0.25) is 0 Å². The van der Waals surface area contributed by atoms with Crippen molar-refractivity contribution in [3.63, 3.8) is 0 Å². The maximum Gasteiger partial charge on any atom is 0.452 e. The molecule has 0 aliphatic carbocycles. The zero-order chi connectivity index (χ0) is 27.0. The zero-order valence-corrected chi connectivity index (χ0v) is 13.3. The third-order valence-corrected chi connectivity index (χ3v) is 3.55. The molecule has 0 heterocycles. The molecule has 0 aromatic carbocycles. The van der Waals surface area contributed by atoms with Gasteiger partial charge in [-0.15, -0.1) is 0 Å². The van der Waals surface area contributed by atoms with Gasteiger partial charge in [0.1, 0.15) is 0 Å². The Morgan fingerprint density at radius 3 is 0.656 bits per heavy atom. The predicted molar refractivity (Wildman–Crippen MR) is 51.3 cm³/mol. The lowest BCUT2D eigenvalue weighted by Crippen LogP contribution is -2.78. The molecule has 0 atom stereocenters. The van der Waals surface area contributed by atoms with Crippen LogP contribution >= 0.6 is 0 Å². The Labute approximate surface area is 158 Å². The number of rotatable bonds is 7. The molecule has 0 unspecified atom stereocenters. The average Bonchev–Trinajstić information content (AvgIpc) is 2.49. The number of halogens is 21. The SMILES string of the molecule is [O]C(F)(F)C(F)(F)C(F)(F)C(F)(F)C(F)(F)C(F)(F)C(F)(F)C(F)(C(F)(F)F)C(F)(F)F. The minimum Gasteiger partial charge on any atom is -0.216 e. The van der Waals surface area contributed by atoms with E-state index in [2.05, 4.69) is 0 Å². The summed E-state index contributed by atoms with van der Waals surface area (Å²) in [4.78, 5) is 0. The predicted octanol–water partition coefficient (Wildman–Crippen LogP) is 6.65. The molecule has 32 heavy (non-hydrogen) atoms. The third-order valence-electron chi connectivity index (χ3n) is 3.55. The van der Waals surface area contributed by atoms with E-state index < -0.39 is 59.7 Å². The maximum atomic E-state index is 13.2. The van der Waals surface area contributed by atoms with Gasteiger partial charge >= 0.3 is 59.7 Å². The molecule has 1 nitrogen and oxygen atoms in total. The van der Waals surface area contributed by atoms with Crippen LogP contribution in [0.25, 0.3) is 0 Å². The second-order valence-corrected chi connectivity index (χ2v) is 5.62. The summed E-state index contributed by atoms with van der Waals surface area (Å²) in [5.74, 6) is -54.2. The fourth-order valence-corrected chi connectivity index (χ4v) is 1.70. The summed E-state index contributed by atoms with van der Waals surface area (Å²) in [6.45, 7) is 0. The summed E-state index contributed by atoms with van der Waals surface area (Å²) in [5, 5.41) is 9.58. The Balaban J connectivity index is 7.19. The molecule has 0 saturated heterocycles. The largest absolute Gasteiger partial charge is 0.452 e. The smallest absolute Gasteiger partial charge is 0.216 e. The summed E-state index contributed by atoms with van der Waals surface area (Å²) >= 11 is 0. The quantitative estimate of drug-likeness (QED) is 0.326. The van der Waals surface area contributed by atoms with Crippen LogP contribution in [0.15, 0.2) is 0 Å². The topological polar surface area (TPSA) is 19.9 Å². The van der Waals surface area contributed by atoms with E-state index in [1.54, 1.807) is 0 Å². The summed E-state index contributed by atoms with van der Waals surface area (Å²) in [5.41, 5.74) is -8.92. The van der Waals surface area contributed by atoms with Crippen molar-refractivity contribution in [1.82, 2.24) is 0 Å². The highest BCUT2D eigenvalue weighted by atomic mass is 19.4. The monoisotopic (exact) mass is 535 g/mol. The highest BCUT2D eigenvalue weighted by Crippen LogP contribution is 2.66. The first-order valence-electron chi connectivity index (χ1n) is 6.42. The first-order chi connectivity index (χ1) is 13.2. The number of alkyl halides is 21. The minimum atomic E-state index is -9.32. The third kappa shape index (κ3) is 3.41. The molecular weight excluding hydrogens is 535 g/mol. The first kappa shape index (κ1) is 30.5. The zero-order valence-electron chi connectivity index (χ0n) is 13.3. The summed E-state index contributed by atoms with van der Waals surface area (Å²) in [6, 6.07) is 0. The Kier molecular flexibility index (Phi) is 6.67. The van der Waals surface area contributed by atoms with Crippen molar-refractivity contribution < 1.29 is 97.3 Å². The van der Waals surface area contributed by atoms with E-state index >= 15 is 0 Å². The van der Waals surface area contributed by atoms with Crippen LogP contribution in [0.4, 0.5) is 92.2 Å². The van der Waals surface area contributed by atoms with E-state index in [9.17, 15) is 97.3 Å².